The lowest BCUT2D eigenvalue weighted by Crippen LogP contribution is -2.27. The van der Waals surface area contributed by atoms with Gasteiger partial charge in [0, 0.05) is 24.3 Å². The average molecular weight is 514 g/mol. The molecule has 8 nitrogen and oxygen atoms in total. The van der Waals surface area contributed by atoms with Crippen LogP contribution < -0.4 is 10.0 Å². The third-order valence-electron chi connectivity index (χ3n) is 5.88. The van der Waals surface area contributed by atoms with Crippen LogP contribution in [0, 0.1) is 13.8 Å². The number of hydrogen-bond donors (Lipinski definition) is 2. The molecule has 10 heteroatoms. The number of aryl methyl sites for hydroxylation is 2. The van der Waals surface area contributed by atoms with Gasteiger partial charge in [-0.25, -0.2) is 16.8 Å². The molecule has 0 aromatic heterocycles. The molecular weight excluding hydrogens is 486 g/mol. The van der Waals surface area contributed by atoms with E-state index >= 15 is 0 Å². The summed E-state index contributed by atoms with van der Waals surface area (Å²) in [4.78, 5) is 13.1. The molecule has 4 rings (SSSR count). The fourth-order valence-electron chi connectivity index (χ4n) is 3.83. The van der Waals surface area contributed by atoms with Crippen molar-refractivity contribution in [3.05, 3.63) is 83.4 Å². The van der Waals surface area contributed by atoms with Gasteiger partial charge in [0.05, 0.1) is 15.5 Å². The summed E-state index contributed by atoms with van der Waals surface area (Å²) in [6.45, 7) is 4.64. The van der Waals surface area contributed by atoms with Gasteiger partial charge in [0.25, 0.3) is 15.9 Å². The molecule has 0 unspecified atom stereocenters. The van der Waals surface area contributed by atoms with Crippen LogP contribution in [0.3, 0.4) is 0 Å². The summed E-state index contributed by atoms with van der Waals surface area (Å²) in [6.07, 6.45) is 1.72. The van der Waals surface area contributed by atoms with Gasteiger partial charge >= 0.3 is 0 Å². The Morgan fingerprint density at radius 3 is 2.00 bits per heavy atom. The molecular formula is C25H27N3O5S2. The number of carbonyl (C=O) groups is 1. The minimum atomic E-state index is -3.76. The molecule has 2 N–H and O–H groups in total. The Labute approximate surface area is 206 Å². The minimum absolute atomic E-state index is 0.152. The van der Waals surface area contributed by atoms with Crippen LogP contribution in [0.4, 0.5) is 11.4 Å². The number of rotatable bonds is 7. The van der Waals surface area contributed by atoms with Crippen molar-refractivity contribution in [2.75, 3.05) is 23.1 Å². The van der Waals surface area contributed by atoms with E-state index in [9.17, 15) is 21.6 Å². The second-order valence-electron chi connectivity index (χ2n) is 8.54. The lowest BCUT2D eigenvalue weighted by molar-refractivity contribution is 0.102. The van der Waals surface area contributed by atoms with Crippen LogP contribution in [0.15, 0.2) is 76.5 Å². The van der Waals surface area contributed by atoms with Crippen molar-refractivity contribution in [2.24, 2.45) is 0 Å². The van der Waals surface area contributed by atoms with Gasteiger partial charge in [-0.15, -0.1) is 0 Å². The average Bonchev–Trinajstić information content (AvgIpc) is 3.37. The number of nitrogens with zero attached hydrogens (tertiary/aromatic N) is 1. The summed E-state index contributed by atoms with van der Waals surface area (Å²) < 4.78 is 54.7. The number of hydrogen-bond acceptors (Lipinski definition) is 5. The van der Waals surface area contributed by atoms with Gasteiger partial charge in [0.1, 0.15) is 0 Å². The molecule has 1 saturated heterocycles. The van der Waals surface area contributed by atoms with Crippen LogP contribution in [0.2, 0.25) is 0 Å². The fraction of sp³-hybridized carbons (Fsp3) is 0.240. The molecule has 1 amide bonds. The van der Waals surface area contributed by atoms with Gasteiger partial charge in [-0.2, -0.15) is 4.31 Å². The predicted molar refractivity (Wildman–Crippen MR) is 136 cm³/mol. The molecule has 0 radical (unpaired) electrons. The lowest BCUT2D eigenvalue weighted by Gasteiger charge is -2.16. The molecule has 1 aliphatic rings. The maximum Gasteiger partial charge on any atom is 0.261 e. The van der Waals surface area contributed by atoms with Gasteiger partial charge in [0.15, 0.2) is 0 Å². The highest BCUT2D eigenvalue weighted by molar-refractivity contribution is 7.92. The highest BCUT2D eigenvalue weighted by atomic mass is 32.2. The van der Waals surface area contributed by atoms with E-state index in [0.29, 0.717) is 35.6 Å². The molecule has 0 atom stereocenters. The van der Waals surface area contributed by atoms with E-state index < -0.39 is 26.0 Å². The van der Waals surface area contributed by atoms with Crippen molar-refractivity contribution < 1.29 is 21.6 Å². The molecule has 0 bridgehead atoms. The molecule has 1 fully saturated rings. The lowest BCUT2D eigenvalue weighted by atomic mass is 10.1. The Kier molecular flexibility index (Phi) is 6.98. The first-order valence-electron chi connectivity index (χ1n) is 11.2. The number of amides is 1. The van der Waals surface area contributed by atoms with Crippen LogP contribution in [0.5, 0.6) is 0 Å². The smallest absolute Gasteiger partial charge is 0.261 e. The van der Waals surface area contributed by atoms with Crippen molar-refractivity contribution in [1.82, 2.24) is 4.31 Å². The van der Waals surface area contributed by atoms with Crippen LogP contribution >= 0.6 is 0 Å². The largest absolute Gasteiger partial charge is 0.322 e. The first-order valence-corrected chi connectivity index (χ1v) is 14.1. The minimum Gasteiger partial charge on any atom is -0.322 e. The molecule has 0 aliphatic carbocycles. The molecule has 0 saturated carbocycles. The van der Waals surface area contributed by atoms with E-state index in [0.717, 1.165) is 18.4 Å². The zero-order chi connectivity index (χ0) is 25.2. The highest BCUT2D eigenvalue weighted by Crippen LogP contribution is 2.24. The van der Waals surface area contributed by atoms with Crippen molar-refractivity contribution in [1.29, 1.82) is 0 Å². The van der Waals surface area contributed by atoms with Crippen LogP contribution in [0.1, 0.15) is 34.3 Å². The van der Waals surface area contributed by atoms with Crippen LogP contribution in [0.25, 0.3) is 0 Å². The second-order valence-corrected chi connectivity index (χ2v) is 12.2. The molecule has 35 heavy (non-hydrogen) atoms. The summed E-state index contributed by atoms with van der Waals surface area (Å²) >= 11 is 0. The molecule has 184 valence electrons. The number of carbonyl (C=O) groups excluding carboxylic acids is 1. The summed E-state index contributed by atoms with van der Waals surface area (Å²) in [5.41, 5.74) is 2.71. The zero-order valence-electron chi connectivity index (χ0n) is 19.5. The quantitative estimate of drug-likeness (QED) is 0.493. The van der Waals surface area contributed by atoms with E-state index in [1.165, 1.54) is 34.6 Å². The van der Waals surface area contributed by atoms with E-state index in [1.807, 2.05) is 6.92 Å². The van der Waals surface area contributed by atoms with E-state index in [2.05, 4.69) is 10.0 Å². The SMILES string of the molecule is Cc1ccc(S(=O)(=O)Nc2ccc(C(=O)Nc3ccc(S(=O)(=O)N4CCCC4)cc3)cc2C)cc1. The number of sulfonamides is 2. The Bertz CT molecular complexity index is 1440. The van der Waals surface area contributed by atoms with Crippen molar-refractivity contribution in [3.63, 3.8) is 0 Å². The first-order chi connectivity index (χ1) is 16.6. The summed E-state index contributed by atoms with van der Waals surface area (Å²) in [5, 5.41) is 2.75. The third-order valence-corrected chi connectivity index (χ3v) is 9.17. The van der Waals surface area contributed by atoms with Crippen molar-refractivity contribution in [3.8, 4) is 0 Å². The maximum atomic E-state index is 12.7. The molecule has 3 aromatic rings. The summed E-state index contributed by atoms with van der Waals surface area (Å²) in [7, 11) is -7.28. The van der Waals surface area contributed by atoms with Gasteiger partial charge in [-0.1, -0.05) is 17.7 Å². The summed E-state index contributed by atoms with van der Waals surface area (Å²) in [6, 6.07) is 17.3. The predicted octanol–water partition coefficient (Wildman–Crippen LogP) is 4.14. The Balaban J connectivity index is 1.45. The standard InChI is InChI=1S/C25H27N3O5S2/c1-18-5-10-22(11-6-18)34(30,31)27-24-14-7-20(17-19(24)2)25(29)26-21-8-12-23(13-9-21)35(32,33)28-15-3-4-16-28/h5-14,17,27H,3-4,15-16H2,1-2H3,(H,26,29). The highest BCUT2D eigenvalue weighted by Gasteiger charge is 2.27. The monoisotopic (exact) mass is 513 g/mol. The second kappa shape index (κ2) is 9.80. The van der Waals surface area contributed by atoms with Gasteiger partial charge in [-0.05, 0) is 86.8 Å². The van der Waals surface area contributed by atoms with Gasteiger partial charge < -0.3 is 5.32 Å². The number of anilines is 2. The Morgan fingerprint density at radius 2 is 1.40 bits per heavy atom. The fourth-order valence-corrected chi connectivity index (χ4v) is 6.48. The van der Waals surface area contributed by atoms with E-state index in [-0.39, 0.29) is 9.79 Å². The maximum absolute atomic E-state index is 12.7. The zero-order valence-corrected chi connectivity index (χ0v) is 21.1. The number of benzene rings is 3. The molecule has 1 aliphatic heterocycles. The van der Waals surface area contributed by atoms with Crippen molar-refractivity contribution >= 4 is 37.3 Å². The first kappa shape index (κ1) is 24.9. The molecule has 0 spiro atoms. The van der Waals surface area contributed by atoms with E-state index in [4.69, 9.17) is 0 Å². The topological polar surface area (TPSA) is 113 Å². The third kappa shape index (κ3) is 5.55. The van der Waals surface area contributed by atoms with Gasteiger partial charge in [0.2, 0.25) is 10.0 Å². The van der Waals surface area contributed by atoms with Crippen LogP contribution in [-0.4, -0.2) is 40.1 Å². The Morgan fingerprint density at radius 1 is 0.800 bits per heavy atom. The molecule has 3 aromatic carbocycles. The van der Waals surface area contributed by atoms with E-state index in [1.54, 1.807) is 43.3 Å². The molecule has 1 heterocycles. The Hall–Kier alpha value is -3.21. The summed E-state index contributed by atoms with van der Waals surface area (Å²) in [5.74, 6) is -0.392. The van der Waals surface area contributed by atoms with Gasteiger partial charge in [-0.3, -0.25) is 9.52 Å². The van der Waals surface area contributed by atoms with Crippen LogP contribution in [-0.2, 0) is 20.0 Å². The normalized spacial score (nSPS) is 14.6. The van der Waals surface area contributed by atoms with Crippen molar-refractivity contribution in [2.45, 2.75) is 36.5 Å². The number of nitrogens with one attached hydrogen (secondary N) is 2.